The van der Waals surface area contributed by atoms with E-state index in [1.807, 2.05) is 43.3 Å². The van der Waals surface area contributed by atoms with Crippen molar-refractivity contribution in [2.75, 3.05) is 22.1 Å². The van der Waals surface area contributed by atoms with Gasteiger partial charge >= 0.3 is 0 Å². The zero-order chi connectivity index (χ0) is 16.3. The van der Waals surface area contributed by atoms with Gasteiger partial charge in [0.15, 0.2) is 9.84 Å². The van der Waals surface area contributed by atoms with Crippen LogP contribution < -0.4 is 10.6 Å². The topological polar surface area (TPSA) is 84.0 Å². The molecule has 0 amide bonds. The Labute approximate surface area is 136 Å². The van der Waals surface area contributed by atoms with Gasteiger partial charge in [-0.25, -0.2) is 13.4 Å². The summed E-state index contributed by atoms with van der Waals surface area (Å²) >= 11 is 0. The van der Waals surface area contributed by atoms with E-state index in [2.05, 4.69) is 20.6 Å². The summed E-state index contributed by atoms with van der Waals surface area (Å²) in [7, 11) is -2.92. The maximum Gasteiger partial charge on any atom is 0.225 e. The van der Waals surface area contributed by atoms with Crippen LogP contribution in [0.15, 0.2) is 36.4 Å². The smallest absolute Gasteiger partial charge is 0.225 e. The fourth-order valence-corrected chi connectivity index (χ4v) is 4.28. The van der Waals surface area contributed by atoms with Crippen LogP contribution in [-0.4, -0.2) is 35.9 Å². The van der Waals surface area contributed by atoms with Crippen molar-refractivity contribution in [3.8, 4) is 0 Å². The predicted molar refractivity (Wildman–Crippen MR) is 91.2 cm³/mol. The Morgan fingerprint density at radius 2 is 2.00 bits per heavy atom. The first kappa shape index (κ1) is 15.7. The Bertz CT molecular complexity index is 778. The van der Waals surface area contributed by atoms with Crippen molar-refractivity contribution in [1.29, 1.82) is 0 Å². The van der Waals surface area contributed by atoms with E-state index in [-0.39, 0.29) is 17.5 Å². The Kier molecular flexibility index (Phi) is 4.47. The third-order valence-corrected chi connectivity index (χ3v) is 5.50. The molecule has 1 saturated heterocycles. The monoisotopic (exact) mass is 332 g/mol. The van der Waals surface area contributed by atoms with Crippen LogP contribution in [0.25, 0.3) is 0 Å². The van der Waals surface area contributed by atoms with E-state index >= 15 is 0 Å². The van der Waals surface area contributed by atoms with Crippen LogP contribution in [0.4, 0.5) is 11.8 Å². The van der Waals surface area contributed by atoms with E-state index < -0.39 is 9.84 Å². The number of hydrogen-bond donors (Lipinski definition) is 2. The summed E-state index contributed by atoms with van der Waals surface area (Å²) in [5.41, 5.74) is 2.00. The Morgan fingerprint density at radius 3 is 2.70 bits per heavy atom. The molecular formula is C16H20N4O2S. The molecule has 3 rings (SSSR count). The van der Waals surface area contributed by atoms with Crippen LogP contribution in [0, 0.1) is 6.92 Å². The summed E-state index contributed by atoms with van der Waals surface area (Å²) in [6.45, 7) is 2.57. The molecule has 0 aliphatic carbocycles. The van der Waals surface area contributed by atoms with Gasteiger partial charge < -0.3 is 10.6 Å². The van der Waals surface area contributed by atoms with Crippen molar-refractivity contribution in [3.63, 3.8) is 0 Å². The third kappa shape index (κ3) is 4.41. The average Bonchev–Trinajstić information content (AvgIpc) is 2.84. The lowest BCUT2D eigenvalue weighted by Crippen LogP contribution is -2.22. The molecule has 122 valence electrons. The zero-order valence-corrected chi connectivity index (χ0v) is 13.8. The van der Waals surface area contributed by atoms with Gasteiger partial charge in [0.1, 0.15) is 5.82 Å². The normalized spacial score (nSPS) is 19.4. The van der Waals surface area contributed by atoms with E-state index in [0.29, 0.717) is 18.9 Å². The summed E-state index contributed by atoms with van der Waals surface area (Å²) in [6.07, 6.45) is 0.604. The van der Waals surface area contributed by atoms with Crippen LogP contribution >= 0.6 is 0 Å². The summed E-state index contributed by atoms with van der Waals surface area (Å²) in [5, 5.41) is 6.41. The first-order valence-corrected chi connectivity index (χ1v) is 9.43. The van der Waals surface area contributed by atoms with Crippen LogP contribution in [0.1, 0.15) is 17.7 Å². The highest BCUT2D eigenvalue weighted by Crippen LogP contribution is 2.17. The molecule has 23 heavy (non-hydrogen) atoms. The number of aromatic nitrogens is 2. The van der Waals surface area contributed by atoms with Gasteiger partial charge in [-0.1, -0.05) is 30.3 Å². The summed E-state index contributed by atoms with van der Waals surface area (Å²) in [4.78, 5) is 8.77. The van der Waals surface area contributed by atoms with Gasteiger partial charge in [0.2, 0.25) is 5.95 Å². The molecule has 0 spiro atoms. The largest absolute Gasteiger partial charge is 0.366 e. The third-order valence-electron chi connectivity index (χ3n) is 3.74. The van der Waals surface area contributed by atoms with Crippen molar-refractivity contribution in [2.45, 2.75) is 25.9 Å². The Morgan fingerprint density at radius 1 is 1.22 bits per heavy atom. The number of hydrogen-bond acceptors (Lipinski definition) is 6. The number of nitrogens with one attached hydrogen (secondary N) is 2. The molecule has 1 aromatic heterocycles. The molecule has 1 aliphatic heterocycles. The van der Waals surface area contributed by atoms with Crippen molar-refractivity contribution in [1.82, 2.24) is 9.97 Å². The maximum atomic E-state index is 11.5. The van der Waals surface area contributed by atoms with E-state index in [9.17, 15) is 8.42 Å². The van der Waals surface area contributed by atoms with Gasteiger partial charge in [-0.15, -0.1) is 0 Å². The van der Waals surface area contributed by atoms with Gasteiger partial charge in [-0.05, 0) is 18.9 Å². The summed E-state index contributed by atoms with van der Waals surface area (Å²) < 4.78 is 23.1. The number of anilines is 2. The first-order valence-electron chi connectivity index (χ1n) is 7.61. The molecule has 2 N–H and O–H groups in total. The number of sulfone groups is 1. The highest BCUT2D eigenvalue weighted by atomic mass is 32.2. The molecule has 2 aromatic rings. The van der Waals surface area contributed by atoms with Crippen LogP contribution in [0.5, 0.6) is 0 Å². The second-order valence-electron chi connectivity index (χ2n) is 5.80. The van der Waals surface area contributed by atoms with Gasteiger partial charge in [-0.2, -0.15) is 4.98 Å². The molecule has 0 saturated carbocycles. The minimum Gasteiger partial charge on any atom is -0.366 e. The molecule has 0 bridgehead atoms. The molecule has 1 unspecified atom stereocenters. The van der Waals surface area contributed by atoms with Gasteiger partial charge in [0.05, 0.1) is 11.5 Å². The van der Waals surface area contributed by atoms with Gasteiger partial charge in [0.25, 0.3) is 0 Å². The molecule has 7 heteroatoms. The Balaban J connectivity index is 1.67. The van der Waals surface area contributed by atoms with Gasteiger partial charge in [-0.3, -0.25) is 0 Å². The number of nitrogens with zero attached hydrogens (tertiary/aromatic N) is 2. The van der Waals surface area contributed by atoms with Crippen molar-refractivity contribution in [3.05, 3.63) is 47.7 Å². The highest BCUT2D eigenvalue weighted by Gasteiger charge is 2.28. The van der Waals surface area contributed by atoms with Crippen molar-refractivity contribution >= 4 is 21.6 Å². The molecule has 1 fully saturated rings. The minimum absolute atomic E-state index is 0.108. The molecule has 1 aliphatic rings. The lowest BCUT2D eigenvalue weighted by molar-refractivity contribution is 0.602. The van der Waals surface area contributed by atoms with E-state index in [1.54, 1.807) is 0 Å². The SMILES string of the molecule is Cc1cc(NCc2ccccc2)nc(NC2CCS(=O)(=O)C2)n1. The van der Waals surface area contributed by atoms with E-state index in [1.165, 1.54) is 5.56 Å². The molecular weight excluding hydrogens is 312 g/mol. The van der Waals surface area contributed by atoms with Crippen molar-refractivity contribution in [2.24, 2.45) is 0 Å². The van der Waals surface area contributed by atoms with Crippen LogP contribution in [-0.2, 0) is 16.4 Å². The zero-order valence-electron chi connectivity index (χ0n) is 13.0. The predicted octanol–water partition coefficient (Wildman–Crippen LogP) is 2.00. The molecule has 2 heterocycles. The minimum atomic E-state index is -2.92. The molecule has 1 aromatic carbocycles. The first-order chi connectivity index (χ1) is 11.0. The van der Waals surface area contributed by atoms with Gasteiger partial charge in [0, 0.05) is 24.3 Å². The average molecular weight is 332 g/mol. The Hall–Kier alpha value is -2.15. The van der Waals surface area contributed by atoms with Crippen molar-refractivity contribution < 1.29 is 8.42 Å². The second-order valence-corrected chi connectivity index (χ2v) is 8.03. The number of benzene rings is 1. The summed E-state index contributed by atoms with van der Waals surface area (Å²) in [5.74, 6) is 1.58. The molecule has 0 radical (unpaired) electrons. The number of aryl methyl sites for hydroxylation is 1. The standard InChI is InChI=1S/C16H20N4O2S/c1-12-9-15(17-10-13-5-3-2-4-6-13)20-16(18-12)19-14-7-8-23(21,22)11-14/h2-6,9,14H,7-8,10-11H2,1H3,(H2,17,18,19,20). The molecule has 6 nitrogen and oxygen atoms in total. The lowest BCUT2D eigenvalue weighted by Gasteiger charge is -2.13. The number of rotatable bonds is 5. The van der Waals surface area contributed by atoms with E-state index in [0.717, 1.165) is 11.5 Å². The highest BCUT2D eigenvalue weighted by molar-refractivity contribution is 7.91. The fourth-order valence-electron chi connectivity index (χ4n) is 2.60. The summed E-state index contributed by atoms with van der Waals surface area (Å²) in [6, 6.07) is 11.8. The lowest BCUT2D eigenvalue weighted by atomic mass is 10.2. The maximum absolute atomic E-state index is 11.5. The quantitative estimate of drug-likeness (QED) is 0.871. The van der Waals surface area contributed by atoms with Crippen LogP contribution in [0.2, 0.25) is 0 Å². The second kappa shape index (κ2) is 6.54. The fraction of sp³-hybridized carbons (Fsp3) is 0.375. The molecule has 1 atom stereocenters. The van der Waals surface area contributed by atoms with E-state index in [4.69, 9.17) is 0 Å². The van der Waals surface area contributed by atoms with Crippen LogP contribution in [0.3, 0.4) is 0 Å².